The first-order valence-electron chi connectivity index (χ1n) is 11.0. The van der Waals surface area contributed by atoms with Crippen LogP contribution < -0.4 is 10.6 Å². The summed E-state index contributed by atoms with van der Waals surface area (Å²) in [6.07, 6.45) is 5.68. The molecule has 1 aliphatic rings. The smallest absolute Gasteiger partial charge is 0.407 e. The second-order valence-corrected chi connectivity index (χ2v) is 8.62. The third kappa shape index (κ3) is 12.7. The second kappa shape index (κ2) is 13.7. The van der Waals surface area contributed by atoms with Crippen molar-refractivity contribution in [1.82, 2.24) is 15.7 Å². The Morgan fingerprint density at radius 1 is 0.935 bits per heavy atom. The van der Waals surface area contributed by atoms with Gasteiger partial charge in [0.25, 0.3) is 5.91 Å². The number of hydroxylamine groups is 2. The molecule has 0 atom stereocenters. The van der Waals surface area contributed by atoms with Crippen molar-refractivity contribution in [3.8, 4) is 0 Å². The van der Waals surface area contributed by atoms with E-state index in [0.29, 0.717) is 44.5 Å². The number of hydrogen-bond donors (Lipinski definition) is 2. The Labute approximate surface area is 184 Å². The number of nitrogens with one attached hydrogen (secondary N) is 2. The highest BCUT2D eigenvalue weighted by molar-refractivity contribution is 5.82. The Bertz CT molecular complexity index is 626. The SMILES string of the molecule is C=C1CCC(=O)N1OC(=O)CCCCCNC(=O)CCCCCNC(=O)OC(C)(C)C. The standard InChI is InChI=1S/C22H37N3O6/c1-17-13-14-19(27)25(17)31-20(28)12-8-6-9-15-23-18(26)11-7-5-10-16-24-21(29)30-22(2,3)4/h1,5-16H2,2-4H3,(H,23,26)(H,24,29). The van der Waals surface area contributed by atoms with Gasteiger partial charge in [-0.2, -0.15) is 0 Å². The van der Waals surface area contributed by atoms with Crippen molar-refractivity contribution < 1.29 is 28.8 Å². The van der Waals surface area contributed by atoms with E-state index in [1.807, 2.05) is 20.8 Å². The van der Waals surface area contributed by atoms with E-state index in [1.165, 1.54) is 0 Å². The van der Waals surface area contributed by atoms with Crippen molar-refractivity contribution in [2.45, 2.75) is 90.6 Å². The zero-order valence-electron chi connectivity index (χ0n) is 19.1. The highest BCUT2D eigenvalue weighted by Crippen LogP contribution is 2.21. The summed E-state index contributed by atoms with van der Waals surface area (Å²) in [4.78, 5) is 51.6. The van der Waals surface area contributed by atoms with Crippen LogP contribution in [0.4, 0.5) is 4.79 Å². The van der Waals surface area contributed by atoms with Gasteiger partial charge in [0.2, 0.25) is 5.91 Å². The van der Waals surface area contributed by atoms with Crippen LogP contribution in [0, 0.1) is 0 Å². The number of hydrogen-bond acceptors (Lipinski definition) is 6. The molecule has 0 saturated carbocycles. The van der Waals surface area contributed by atoms with Gasteiger partial charge in [0.15, 0.2) is 0 Å². The van der Waals surface area contributed by atoms with E-state index in [0.717, 1.165) is 37.2 Å². The molecule has 0 aromatic rings. The summed E-state index contributed by atoms with van der Waals surface area (Å²) < 4.78 is 5.15. The molecule has 1 rings (SSSR count). The minimum Gasteiger partial charge on any atom is -0.444 e. The van der Waals surface area contributed by atoms with Gasteiger partial charge in [-0.05, 0) is 52.9 Å². The molecule has 0 aliphatic carbocycles. The topological polar surface area (TPSA) is 114 Å². The fraction of sp³-hybridized carbons (Fsp3) is 0.727. The third-order valence-corrected chi connectivity index (χ3v) is 4.46. The van der Waals surface area contributed by atoms with Crippen LogP contribution in [-0.2, 0) is 24.0 Å². The molecule has 1 heterocycles. The van der Waals surface area contributed by atoms with Gasteiger partial charge < -0.3 is 20.2 Å². The number of rotatable bonds is 13. The molecule has 0 spiro atoms. The first-order valence-corrected chi connectivity index (χ1v) is 11.0. The largest absolute Gasteiger partial charge is 0.444 e. The molecular formula is C22H37N3O6. The highest BCUT2D eigenvalue weighted by atomic mass is 16.7. The van der Waals surface area contributed by atoms with Crippen molar-refractivity contribution in [2.24, 2.45) is 0 Å². The number of ether oxygens (including phenoxy) is 1. The molecule has 0 aromatic carbocycles. The van der Waals surface area contributed by atoms with Gasteiger partial charge in [0.1, 0.15) is 5.60 Å². The summed E-state index contributed by atoms with van der Waals surface area (Å²) in [6.45, 7) is 10.2. The average Bonchev–Trinajstić information content (AvgIpc) is 2.97. The van der Waals surface area contributed by atoms with Crippen molar-refractivity contribution >= 4 is 23.9 Å². The predicted molar refractivity (Wildman–Crippen MR) is 115 cm³/mol. The summed E-state index contributed by atoms with van der Waals surface area (Å²) in [5, 5.41) is 6.56. The van der Waals surface area contributed by atoms with Crippen LogP contribution in [0.1, 0.15) is 85.0 Å². The molecule has 0 bridgehead atoms. The maximum atomic E-state index is 11.8. The van der Waals surface area contributed by atoms with Crippen molar-refractivity contribution in [1.29, 1.82) is 0 Å². The van der Waals surface area contributed by atoms with E-state index < -0.39 is 17.7 Å². The van der Waals surface area contributed by atoms with E-state index in [9.17, 15) is 19.2 Å². The monoisotopic (exact) mass is 439 g/mol. The van der Waals surface area contributed by atoms with Gasteiger partial charge in [-0.3, -0.25) is 9.59 Å². The van der Waals surface area contributed by atoms with Crippen LogP contribution in [0.25, 0.3) is 0 Å². The minimum atomic E-state index is -0.505. The molecule has 2 N–H and O–H groups in total. The van der Waals surface area contributed by atoms with E-state index in [1.54, 1.807) is 0 Å². The summed E-state index contributed by atoms with van der Waals surface area (Å²) in [6, 6.07) is 0. The van der Waals surface area contributed by atoms with Crippen molar-refractivity contribution in [3.63, 3.8) is 0 Å². The minimum absolute atomic E-state index is 0.00516. The maximum absolute atomic E-state index is 11.8. The van der Waals surface area contributed by atoms with Gasteiger partial charge in [0, 0.05) is 32.4 Å². The fourth-order valence-electron chi connectivity index (χ4n) is 2.87. The fourth-order valence-corrected chi connectivity index (χ4v) is 2.87. The molecule has 1 saturated heterocycles. The summed E-state index contributed by atoms with van der Waals surface area (Å²) in [7, 11) is 0. The Kier molecular flexibility index (Phi) is 11.7. The maximum Gasteiger partial charge on any atom is 0.407 e. The lowest BCUT2D eigenvalue weighted by Crippen LogP contribution is -2.33. The van der Waals surface area contributed by atoms with Gasteiger partial charge in [0.05, 0.1) is 5.70 Å². The second-order valence-electron chi connectivity index (χ2n) is 8.62. The Morgan fingerprint density at radius 2 is 1.55 bits per heavy atom. The van der Waals surface area contributed by atoms with Crippen LogP contribution in [0.15, 0.2) is 12.3 Å². The molecule has 31 heavy (non-hydrogen) atoms. The van der Waals surface area contributed by atoms with Crippen LogP contribution in [-0.4, -0.2) is 47.6 Å². The van der Waals surface area contributed by atoms with Crippen molar-refractivity contribution in [3.05, 3.63) is 12.3 Å². The van der Waals surface area contributed by atoms with Crippen LogP contribution in [0.5, 0.6) is 0 Å². The zero-order chi connectivity index (χ0) is 23.3. The Morgan fingerprint density at radius 3 is 2.13 bits per heavy atom. The van der Waals surface area contributed by atoms with Crippen LogP contribution >= 0.6 is 0 Å². The number of carbonyl (C=O) groups excluding carboxylic acids is 4. The first kappa shape index (κ1) is 26.5. The van der Waals surface area contributed by atoms with E-state index in [4.69, 9.17) is 9.57 Å². The lowest BCUT2D eigenvalue weighted by molar-refractivity contribution is -0.186. The molecule has 1 fully saturated rings. The number of unbranched alkanes of at least 4 members (excludes halogenated alkanes) is 4. The molecule has 0 unspecified atom stereocenters. The van der Waals surface area contributed by atoms with Gasteiger partial charge in [-0.15, -0.1) is 5.06 Å². The summed E-state index contributed by atoms with van der Waals surface area (Å²) >= 11 is 0. The number of alkyl carbamates (subject to hydrolysis) is 1. The molecular weight excluding hydrogens is 402 g/mol. The van der Waals surface area contributed by atoms with Crippen LogP contribution in [0.3, 0.4) is 0 Å². The molecule has 176 valence electrons. The molecule has 9 nitrogen and oxygen atoms in total. The summed E-state index contributed by atoms with van der Waals surface area (Å²) in [5.74, 6) is -0.674. The van der Waals surface area contributed by atoms with Gasteiger partial charge >= 0.3 is 12.1 Å². The average molecular weight is 440 g/mol. The van der Waals surface area contributed by atoms with E-state index >= 15 is 0 Å². The van der Waals surface area contributed by atoms with E-state index in [-0.39, 0.29) is 18.2 Å². The summed E-state index contributed by atoms with van der Waals surface area (Å²) in [5.41, 5.74) is 0.00936. The Balaban J connectivity index is 1.93. The molecule has 9 heteroatoms. The number of amides is 3. The highest BCUT2D eigenvalue weighted by Gasteiger charge is 2.27. The van der Waals surface area contributed by atoms with Crippen molar-refractivity contribution in [2.75, 3.05) is 13.1 Å². The zero-order valence-corrected chi connectivity index (χ0v) is 19.1. The molecule has 1 aliphatic heterocycles. The number of allylic oxidation sites excluding steroid dienone is 1. The molecule has 0 aromatic heterocycles. The normalized spacial score (nSPS) is 13.8. The number of nitrogens with zero attached hydrogens (tertiary/aromatic N) is 1. The lowest BCUT2D eigenvalue weighted by Gasteiger charge is -2.19. The van der Waals surface area contributed by atoms with Gasteiger partial charge in [-0.1, -0.05) is 19.4 Å². The van der Waals surface area contributed by atoms with E-state index in [2.05, 4.69) is 17.2 Å². The number of carbonyl (C=O) groups is 4. The quantitative estimate of drug-likeness (QED) is 0.426. The first-order chi connectivity index (χ1) is 14.6. The Hall–Kier alpha value is -2.58. The lowest BCUT2D eigenvalue weighted by atomic mass is 10.1. The predicted octanol–water partition coefficient (Wildman–Crippen LogP) is 3.34. The third-order valence-electron chi connectivity index (χ3n) is 4.46. The molecule has 3 amide bonds. The van der Waals surface area contributed by atoms with Crippen LogP contribution in [0.2, 0.25) is 0 Å². The van der Waals surface area contributed by atoms with Gasteiger partial charge in [-0.25, -0.2) is 9.59 Å². The molecule has 0 radical (unpaired) electrons.